The molecule has 0 fully saturated rings. The average molecular weight is 740 g/mol. The van der Waals surface area contributed by atoms with Crippen LogP contribution in [-0.4, -0.2) is 54.1 Å². The maximum absolute atomic E-state index is 11.0. The molecule has 10 nitrogen and oxygen atoms in total. The van der Waals surface area contributed by atoms with Crippen molar-refractivity contribution in [1.82, 2.24) is 4.98 Å². The largest absolute Gasteiger partial charge is 0.748 e. The van der Waals surface area contributed by atoms with E-state index in [1.807, 2.05) is 36.3 Å². The van der Waals surface area contributed by atoms with Gasteiger partial charge in [-0.3, -0.25) is 4.98 Å². The first-order valence-corrected chi connectivity index (χ1v) is 21.0. The van der Waals surface area contributed by atoms with Gasteiger partial charge in [-0.25, -0.2) is 26.0 Å². The minimum atomic E-state index is -4.20. The van der Waals surface area contributed by atoms with E-state index in [9.17, 15) is 18.1 Å². The number of aliphatic hydroxyl groups is 1. The fourth-order valence-corrected chi connectivity index (χ4v) is 6.97. The monoisotopic (exact) mass is 739 g/mol. The number of benzene rings is 1. The van der Waals surface area contributed by atoms with Crippen LogP contribution in [0.25, 0.3) is 0 Å². The zero-order valence-corrected chi connectivity index (χ0v) is 31.8. The van der Waals surface area contributed by atoms with Gasteiger partial charge in [-0.15, -0.1) is 0 Å². The zero-order valence-electron chi connectivity index (χ0n) is 30.1. The molecule has 1 N–H and O–H groups in total. The molecule has 0 aliphatic rings. The van der Waals surface area contributed by atoms with Crippen molar-refractivity contribution in [1.29, 1.82) is 0 Å². The minimum Gasteiger partial charge on any atom is -0.748 e. The van der Waals surface area contributed by atoms with Crippen LogP contribution in [0.15, 0.2) is 104 Å². The maximum Gasteiger partial charge on any atom is 0.174 e. The van der Waals surface area contributed by atoms with Gasteiger partial charge in [0.15, 0.2) is 31.3 Å². The summed E-state index contributed by atoms with van der Waals surface area (Å²) in [7, 11) is -8.12. The summed E-state index contributed by atoms with van der Waals surface area (Å²) in [5.41, 5.74) is 5.23. The van der Waals surface area contributed by atoms with E-state index in [0.717, 1.165) is 32.1 Å². The van der Waals surface area contributed by atoms with Crippen LogP contribution >= 0.6 is 0 Å². The number of aromatic nitrogens is 3. The molecule has 3 heterocycles. The predicted molar refractivity (Wildman–Crippen MR) is 196 cm³/mol. The Balaban J connectivity index is 0.00000131. The van der Waals surface area contributed by atoms with E-state index in [4.69, 9.17) is 13.0 Å². The molecule has 1 aromatic carbocycles. The van der Waals surface area contributed by atoms with Crippen LogP contribution in [0, 0.1) is 0 Å². The lowest BCUT2D eigenvalue weighted by molar-refractivity contribution is -0.703. The summed E-state index contributed by atoms with van der Waals surface area (Å²) in [6, 6.07) is 23.8. The van der Waals surface area contributed by atoms with E-state index in [1.54, 1.807) is 0 Å². The Bertz CT molecular complexity index is 1780. The minimum absolute atomic E-state index is 0.298. The Kier molecular flexibility index (Phi) is 16.8. The summed E-state index contributed by atoms with van der Waals surface area (Å²) < 4.78 is 64.3. The van der Waals surface area contributed by atoms with Crippen molar-refractivity contribution in [3.63, 3.8) is 0 Å². The van der Waals surface area contributed by atoms with Gasteiger partial charge in [0.1, 0.15) is 12.6 Å². The smallest absolute Gasteiger partial charge is 0.174 e. The molecule has 0 bridgehead atoms. The van der Waals surface area contributed by atoms with E-state index in [-0.39, 0.29) is 11.9 Å². The first kappa shape index (κ1) is 41.9. The summed E-state index contributed by atoms with van der Waals surface area (Å²) in [5.74, 6) is 1.02. The Morgan fingerprint density at radius 1 is 0.686 bits per heavy atom. The molecule has 0 aliphatic carbocycles. The van der Waals surface area contributed by atoms with E-state index >= 15 is 0 Å². The number of nitrogens with zero attached hydrogens (tertiary/aromatic N) is 3. The van der Waals surface area contributed by atoms with Gasteiger partial charge in [0.25, 0.3) is 0 Å². The molecule has 12 heteroatoms. The third-order valence-corrected chi connectivity index (χ3v) is 10.1. The quantitative estimate of drug-likeness (QED) is 0.103. The van der Waals surface area contributed by atoms with Crippen molar-refractivity contribution in [2.45, 2.75) is 102 Å². The van der Waals surface area contributed by atoms with Crippen LogP contribution in [0.5, 0.6) is 0 Å². The first-order chi connectivity index (χ1) is 24.1. The van der Waals surface area contributed by atoms with Crippen molar-refractivity contribution in [3.8, 4) is 0 Å². The molecule has 0 saturated carbocycles. The first-order valence-electron chi connectivity index (χ1n) is 17.6. The van der Waals surface area contributed by atoms with Crippen molar-refractivity contribution < 1.29 is 40.2 Å². The van der Waals surface area contributed by atoms with Crippen LogP contribution in [0.4, 0.5) is 0 Å². The molecule has 5 atom stereocenters. The van der Waals surface area contributed by atoms with Crippen LogP contribution in [-0.2, 0) is 33.3 Å². The highest BCUT2D eigenvalue weighted by molar-refractivity contribution is 7.85. The van der Waals surface area contributed by atoms with Crippen molar-refractivity contribution >= 4 is 20.2 Å². The molecule has 0 spiro atoms. The molecular weight excluding hydrogens is 687 g/mol. The SMILES string of the molecule is CCC(O)C[n+]1ccc(C(CC(CC)c2cc[n+](CCCS(=O)(=O)[O-])cc2)CC(CC(C)c2ccccc2)c2ccncc2)cc1.CS(=O)(=O)[O-]. The highest BCUT2D eigenvalue weighted by atomic mass is 32.2. The fraction of sp³-hybridized carbons (Fsp3) is 0.462. The highest BCUT2D eigenvalue weighted by Gasteiger charge is 2.26. The lowest BCUT2D eigenvalue weighted by Crippen LogP contribution is -2.39. The summed E-state index contributed by atoms with van der Waals surface area (Å²) in [4.78, 5) is 4.31. The van der Waals surface area contributed by atoms with Gasteiger partial charge >= 0.3 is 0 Å². The second-order valence-electron chi connectivity index (χ2n) is 13.4. The molecule has 0 amide bonds. The van der Waals surface area contributed by atoms with Gasteiger partial charge in [0, 0.05) is 55.1 Å². The Labute approximate surface area is 304 Å². The molecule has 3 aromatic heterocycles. The third kappa shape index (κ3) is 16.1. The van der Waals surface area contributed by atoms with E-state index in [0.29, 0.717) is 49.4 Å². The molecule has 5 unspecified atom stereocenters. The molecule has 0 aliphatic heterocycles. The van der Waals surface area contributed by atoms with E-state index in [1.165, 1.54) is 22.3 Å². The molecule has 0 saturated heterocycles. The van der Waals surface area contributed by atoms with Gasteiger partial charge in [-0.1, -0.05) is 51.1 Å². The second kappa shape index (κ2) is 20.5. The molecule has 4 rings (SSSR count). The molecule has 0 radical (unpaired) electrons. The highest BCUT2D eigenvalue weighted by Crippen LogP contribution is 2.41. The van der Waals surface area contributed by atoms with Gasteiger partial charge in [-0.05, 0) is 90.2 Å². The number of aryl methyl sites for hydroxylation is 1. The standard InChI is InChI=1S/C38H50N3O4S.CH4O3S/c1-4-31(34-14-21-40(22-15-34)20-9-25-46(43,44)45)27-37(35-16-23-41(24-17-35)29-38(42)5-2)28-36(33-12-18-39-19-13-33)26-30(3)32-10-7-6-8-11-32;1-5(2,3)4/h6-8,10-19,21-24,30-31,36-38,42H,4-5,9,20,25-29H2,1-3H3;1H3,(H,2,3,4)/q+1;/p-1. The zero-order chi connectivity index (χ0) is 37.4. The lowest BCUT2D eigenvalue weighted by Gasteiger charge is -2.29. The van der Waals surface area contributed by atoms with E-state index in [2.05, 4.69) is 103 Å². The number of rotatable bonds is 18. The van der Waals surface area contributed by atoms with Crippen LogP contribution < -0.4 is 9.13 Å². The maximum atomic E-state index is 11.0. The van der Waals surface area contributed by atoms with Crippen molar-refractivity contribution in [2.24, 2.45) is 0 Å². The fourth-order valence-electron chi connectivity index (χ4n) is 6.49. The number of pyridine rings is 3. The normalized spacial score (nSPS) is 14.8. The molecule has 4 aromatic rings. The topological polar surface area (TPSA) is 155 Å². The van der Waals surface area contributed by atoms with Gasteiger partial charge in [-0.2, -0.15) is 0 Å². The van der Waals surface area contributed by atoms with Crippen molar-refractivity contribution in [3.05, 3.63) is 126 Å². The number of hydrogen-bond acceptors (Lipinski definition) is 8. The summed E-state index contributed by atoms with van der Waals surface area (Å²) in [6.07, 6.45) is 17.3. The van der Waals surface area contributed by atoms with Crippen molar-refractivity contribution in [2.75, 3.05) is 12.0 Å². The van der Waals surface area contributed by atoms with Crippen LogP contribution in [0.1, 0.15) is 105 Å². The predicted octanol–water partition coefficient (Wildman–Crippen LogP) is 5.56. The van der Waals surface area contributed by atoms with Crippen LogP contribution in [0.2, 0.25) is 0 Å². The molecule has 51 heavy (non-hydrogen) atoms. The van der Waals surface area contributed by atoms with Gasteiger partial charge in [0.05, 0.1) is 20.2 Å². The third-order valence-electron chi connectivity index (χ3n) is 9.30. The van der Waals surface area contributed by atoms with Gasteiger partial charge < -0.3 is 14.2 Å². The number of hydrogen-bond donors (Lipinski definition) is 1. The summed E-state index contributed by atoms with van der Waals surface area (Å²) >= 11 is 0. The summed E-state index contributed by atoms with van der Waals surface area (Å²) in [5, 5.41) is 10.2. The Hall–Kier alpha value is -3.55. The Morgan fingerprint density at radius 2 is 1.18 bits per heavy atom. The lowest BCUT2D eigenvalue weighted by atomic mass is 9.75. The molecular formula is C39H53N3O7S2. The summed E-state index contributed by atoms with van der Waals surface area (Å²) in [6.45, 7) is 7.63. The van der Waals surface area contributed by atoms with E-state index < -0.39 is 20.2 Å². The second-order valence-corrected chi connectivity index (χ2v) is 16.3. The number of aliphatic hydroxyl groups excluding tert-OH is 1. The molecule has 278 valence electrons. The van der Waals surface area contributed by atoms with Gasteiger partial charge in [0.2, 0.25) is 0 Å². The van der Waals surface area contributed by atoms with Crippen LogP contribution in [0.3, 0.4) is 0 Å². The average Bonchev–Trinajstić information content (AvgIpc) is 3.09. The Morgan fingerprint density at radius 3 is 1.71 bits per heavy atom.